The van der Waals surface area contributed by atoms with E-state index in [0.717, 1.165) is 31.6 Å². The first-order chi connectivity index (χ1) is 7.67. The fourth-order valence-electron chi connectivity index (χ4n) is 2.40. The molecule has 0 bridgehead atoms. The van der Waals surface area contributed by atoms with Crippen molar-refractivity contribution >= 4 is 5.97 Å². The lowest BCUT2D eigenvalue weighted by Gasteiger charge is -2.28. The van der Waals surface area contributed by atoms with E-state index in [0.29, 0.717) is 0 Å². The second-order valence-corrected chi connectivity index (χ2v) is 4.89. The monoisotopic (exact) mass is 227 g/mol. The van der Waals surface area contributed by atoms with Crippen LogP contribution in [0, 0.1) is 5.92 Å². The molecular formula is C13H25NO2. The highest BCUT2D eigenvalue weighted by molar-refractivity contribution is 5.75. The van der Waals surface area contributed by atoms with Gasteiger partial charge < -0.3 is 10.5 Å². The van der Waals surface area contributed by atoms with Crippen molar-refractivity contribution in [2.45, 2.75) is 70.9 Å². The van der Waals surface area contributed by atoms with Crippen molar-refractivity contribution in [1.29, 1.82) is 0 Å². The molecule has 3 unspecified atom stereocenters. The molecule has 3 heteroatoms. The van der Waals surface area contributed by atoms with E-state index in [1.165, 1.54) is 19.3 Å². The molecule has 1 fully saturated rings. The van der Waals surface area contributed by atoms with Crippen LogP contribution in [0.25, 0.3) is 0 Å². The Morgan fingerprint density at radius 3 is 2.81 bits per heavy atom. The molecular weight excluding hydrogens is 202 g/mol. The van der Waals surface area contributed by atoms with Gasteiger partial charge in [-0.3, -0.25) is 4.79 Å². The Bertz CT molecular complexity index is 218. The fourth-order valence-corrected chi connectivity index (χ4v) is 2.40. The van der Waals surface area contributed by atoms with E-state index in [1.807, 2.05) is 6.92 Å². The van der Waals surface area contributed by atoms with Gasteiger partial charge in [0, 0.05) is 0 Å². The molecule has 3 nitrogen and oxygen atoms in total. The second kappa shape index (κ2) is 6.89. The Morgan fingerprint density at radius 2 is 2.19 bits per heavy atom. The summed E-state index contributed by atoms with van der Waals surface area (Å²) in [5, 5.41) is 0. The number of carbonyl (C=O) groups excluding carboxylic acids is 1. The molecule has 2 N–H and O–H groups in total. The summed E-state index contributed by atoms with van der Waals surface area (Å²) in [7, 11) is 0. The third-order valence-electron chi connectivity index (χ3n) is 3.50. The Balaban J connectivity index is 2.32. The normalized spacial score (nSPS) is 27.4. The molecule has 0 spiro atoms. The van der Waals surface area contributed by atoms with Gasteiger partial charge in [-0.05, 0) is 31.6 Å². The van der Waals surface area contributed by atoms with E-state index in [-0.39, 0.29) is 12.1 Å². The van der Waals surface area contributed by atoms with Crippen LogP contribution in [-0.4, -0.2) is 18.1 Å². The molecule has 1 aliphatic carbocycles. The van der Waals surface area contributed by atoms with Crippen LogP contribution >= 0.6 is 0 Å². The maximum atomic E-state index is 11.6. The van der Waals surface area contributed by atoms with Crippen LogP contribution in [-0.2, 0) is 9.53 Å². The SMILES string of the molecule is CCCC(N)C(=O)OC1CCCC(CC)C1. The summed E-state index contributed by atoms with van der Waals surface area (Å²) in [6, 6.07) is -0.424. The molecule has 0 aromatic heterocycles. The van der Waals surface area contributed by atoms with E-state index in [1.54, 1.807) is 0 Å². The number of rotatable bonds is 5. The minimum Gasteiger partial charge on any atom is -0.461 e. The summed E-state index contributed by atoms with van der Waals surface area (Å²) < 4.78 is 5.47. The summed E-state index contributed by atoms with van der Waals surface area (Å²) in [4.78, 5) is 11.6. The number of hydrogen-bond donors (Lipinski definition) is 1. The van der Waals surface area contributed by atoms with E-state index in [2.05, 4.69) is 6.92 Å². The molecule has 0 aliphatic heterocycles. The van der Waals surface area contributed by atoms with Gasteiger partial charge in [0.2, 0.25) is 0 Å². The van der Waals surface area contributed by atoms with Crippen LogP contribution in [0.5, 0.6) is 0 Å². The standard InChI is InChI=1S/C13H25NO2/c1-3-6-12(14)13(15)16-11-8-5-7-10(4-2)9-11/h10-12H,3-9,14H2,1-2H3. The van der Waals surface area contributed by atoms with Crippen molar-refractivity contribution < 1.29 is 9.53 Å². The highest BCUT2D eigenvalue weighted by atomic mass is 16.5. The molecule has 0 radical (unpaired) electrons. The second-order valence-electron chi connectivity index (χ2n) is 4.89. The average molecular weight is 227 g/mol. The third kappa shape index (κ3) is 4.12. The molecule has 0 heterocycles. The van der Waals surface area contributed by atoms with E-state index < -0.39 is 6.04 Å². The number of nitrogens with two attached hydrogens (primary N) is 1. The Kier molecular flexibility index (Phi) is 5.81. The first-order valence-electron chi connectivity index (χ1n) is 6.63. The quantitative estimate of drug-likeness (QED) is 0.735. The van der Waals surface area contributed by atoms with E-state index >= 15 is 0 Å². The molecule has 0 aromatic carbocycles. The smallest absolute Gasteiger partial charge is 0.323 e. The molecule has 1 aliphatic rings. The maximum Gasteiger partial charge on any atom is 0.323 e. The molecule has 1 rings (SSSR count). The van der Waals surface area contributed by atoms with Crippen molar-refractivity contribution in [1.82, 2.24) is 0 Å². The topological polar surface area (TPSA) is 52.3 Å². The summed E-state index contributed by atoms with van der Waals surface area (Å²) in [6.45, 7) is 4.23. The highest BCUT2D eigenvalue weighted by Gasteiger charge is 2.25. The molecule has 3 atom stereocenters. The molecule has 1 saturated carbocycles. The van der Waals surface area contributed by atoms with E-state index in [9.17, 15) is 4.79 Å². The molecule has 0 aromatic rings. The zero-order chi connectivity index (χ0) is 12.0. The molecule has 94 valence electrons. The molecule has 0 amide bonds. The van der Waals surface area contributed by atoms with Crippen LogP contribution in [0.3, 0.4) is 0 Å². The Hall–Kier alpha value is -0.570. The van der Waals surface area contributed by atoms with Crippen molar-refractivity contribution in [2.24, 2.45) is 11.7 Å². The predicted octanol–water partition coefficient (Wildman–Crippen LogP) is 2.63. The lowest BCUT2D eigenvalue weighted by atomic mass is 9.85. The average Bonchev–Trinajstić information content (AvgIpc) is 2.29. The zero-order valence-electron chi connectivity index (χ0n) is 10.6. The zero-order valence-corrected chi connectivity index (χ0v) is 10.6. The summed E-state index contributed by atoms with van der Waals surface area (Å²) >= 11 is 0. The van der Waals surface area contributed by atoms with Crippen LogP contribution in [0.15, 0.2) is 0 Å². The summed E-state index contributed by atoms with van der Waals surface area (Å²) in [5.41, 5.74) is 5.74. The van der Waals surface area contributed by atoms with Gasteiger partial charge in [0.15, 0.2) is 0 Å². The van der Waals surface area contributed by atoms with Crippen molar-refractivity contribution in [3.8, 4) is 0 Å². The maximum absolute atomic E-state index is 11.6. The number of ether oxygens (including phenoxy) is 1. The van der Waals surface area contributed by atoms with Gasteiger partial charge in [-0.2, -0.15) is 0 Å². The van der Waals surface area contributed by atoms with Crippen LogP contribution < -0.4 is 5.73 Å². The van der Waals surface area contributed by atoms with Crippen molar-refractivity contribution in [3.05, 3.63) is 0 Å². The summed E-state index contributed by atoms with van der Waals surface area (Å²) in [6.07, 6.45) is 7.47. The van der Waals surface area contributed by atoms with Gasteiger partial charge in [0.1, 0.15) is 12.1 Å². The Labute approximate surface area is 98.7 Å². The number of carbonyl (C=O) groups is 1. The van der Waals surface area contributed by atoms with Gasteiger partial charge in [0.25, 0.3) is 0 Å². The minimum atomic E-state index is -0.424. The number of esters is 1. The summed E-state index contributed by atoms with van der Waals surface area (Å²) in [5.74, 6) is 0.526. The molecule has 16 heavy (non-hydrogen) atoms. The largest absolute Gasteiger partial charge is 0.461 e. The van der Waals surface area contributed by atoms with Crippen molar-refractivity contribution in [2.75, 3.05) is 0 Å². The fraction of sp³-hybridized carbons (Fsp3) is 0.923. The van der Waals surface area contributed by atoms with Crippen LogP contribution in [0.4, 0.5) is 0 Å². The first-order valence-corrected chi connectivity index (χ1v) is 6.63. The van der Waals surface area contributed by atoms with Gasteiger partial charge in [0.05, 0.1) is 0 Å². The number of hydrogen-bond acceptors (Lipinski definition) is 3. The highest BCUT2D eigenvalue weighted by Crippen LogP contribution is 2.28. The van der Waals surface area contributed by atoms with Gasteiger partial charge in [-0.1, -0.05) is 33.1 Å². The van der Waals surface area contributed by atoms with E-state index in [4.69, 9.17) is 10.5 Å². The van der Waals surface area contributed by atoms with Crippen LogP contribution in [0.1, 0.15) is 58.8 Å². The van der Waals surface area contributed by atoms with Gasteiger partial charge in [-0.15, -0.1) is 0 Å². The van der Waals surface area contributed by atoms with Gasteiger partial charge >= 0.3 is 5.97 Å². The molecule has 0 saturated heterocycles. The van der Waals surface area contributed by atoms with Crippen LogP contribution in [0.2, 0.25) is 0 Å². The Morgan fingerprint density at radius 1 is 1.44 bits per heavy atom. The lowest BCUT2D eigenvalue weighted by Crippen LogP contribution is -2.36. The lowest BCUT2D eigenvalue weighted by molar-refractivity contribution is -0.153. The van der Waals surface area contributed by atoms with Crippen molar-refractivity contribution in [3.63, 3.8) is 0 Å². The predicted molar refractivity (Wildman–Crippen MR) is 65.0 cm³/mol. The van der Waals surface area contributed by atoms with Gasteiger partial charge in [-0.25, -0.2) is 0 Å². The minimum absolute atomic E-state index is 0.120. The third-order valence-corrected chi connectivity index (χ3v) is 3.50. The first kappa shape index (κ1) is 13.5.